The van der Waals surface area contributed by atoms with Crippen molar-refractivity contribution in [1.82, 2.24) is 0 Å². The van der Waals surface area contributed by atoms with Crippen LogP contribution < -0.4 is 5.32 Å². The van der Waals surface area contributed by atoms with Crippen LogP contribution in [-0.2, 0) is 16.6 Å². The number of hydrogen-bond donors (Lipinski definition) is 1. The monoisotopic (exact) mass is 319 g/mol. The molecule has 1 saturated carbocycles. The highest BCUT2D eigenvalue weighted by molar-refractivity contribution is 7.83. The highest BCUT2D eigenvalue weighted by Crippen LogP contribution is 2.38. The molecule has 1 N–H and O–H groups in total. The van der Waals surface area contributed by atoms with Gasteiger partial charge >= 0.3 is 6.18 Å². The first kappa shape index (κ1) is 16.3. The van der Waals surface area contributed by atoms with Crippen LogP contribution >= 0.6 is 0 Å². The van der Waals surface area contributed by atoms with Crippen LogP contribution in [0, 0.1) is 5.92 Å². The molecule has 0 bridgehead atoms. The van der Waals surface area contributed by atoms with Gasteiger partial charge in [-0.05, 0) is 37.0 Å². The fourth-order valence-corrected chi connectivity index (χ4v) is 3.49. The molecule has 1 aliphatic carbocycles. The molecule has 2 rings (SSSR count). The number of benzene rings is 1. The van der Waals surface area contributed by atoms with Crippen molar-refractivity contribution in [3.8, 4) is 0 Å². The van der Waals surface area contributed by atoms with Gasteiger partial charge in [-0.2, -0.15) is 13.2 Å². The molecule has 0 aliphatic heterocycles. The van der Waals surface area contributed by atoms with E-state index in [9.17, 15) is 17.4 Å². The van der Waals surface area contributed by atoms with Crippen LogP contribution in [0.25, 0.3) is 0 Å². The minimum absolute atomic E-state index is 0.132. The smallest absolute Gasteiger partial charge is 0.382 e. The lowest BCUT2D eigenvalue weighted by atomic mass is 9.85. The third kappa shape index (κ3) is 5.02. The molecule has 0 saturated heterocycles. The summed E-state index contributed by atoms with van der Waals surface area (Å²) in [6.45, 7) is 0. The Labute approximate surface area is 125 Å². The van der Waals surface area contributed by atoms with Gasteiger partial charge in [0, 0.05) is 34.5 Å². The average molecular weight is 319 g/mol. The minimum atomic E-state index is -4.10. The molecular weight excluding hydrogens is 299 g/mol. The highest BCUT2D eigenvalue weighted by Gasteiger charge is 2.42. The van der Waals surface area contributed by atoms with E-state index in [1.54, 1.807) is 6.26 Å². The quantitative estimate of drug-likeness (QED) is 0.905. The van der Waals surface area contributed by atoms with Crippen molar-refractivity contribution in [2.75, 3.05) is 11.6 Å². The van der Waals surface area contributed by atoms with E-state index < -0.39 is 22.9 Å². The number of anilines is 1. The summed E-state index contributed by atoms with van der Waals surface area (Å²) in [6.07, 6.45) is -0.739. The van der Waals surface area contributed by atoms with E-state index in [1.807, 2.05) is 24.3 Å². The molecule has 2 nitrogen and oxygen atoms in total. The second-order valence-electron chi connectivity index (χ2n) is 5.66. The molecule has 0 aromatic heterocycles. The first-order chi connectivity index (χ1) is 9.84. The van der Waals surface area contributed by atoms with Crippen LogP contribution in [0.15, 0.2) is 24.3 Å². The Kier molecular flexibility index (Phi) is 5.30. The molecule has 0 heterocycles. The SMILES string of the molecule is C[S@](=O)Cc1cccc(N[C@H]2CCC[C@@H](C(F)(F)F)C2)c1. The second kappa shape index (κ2) is 6.81. The maximum absolute atomic E-state index is 12.8. The Bertz CT molecular complexity index is 504. The molecule has 118 valence electrons. The Hall–Kier alpha value is -1.04. The van der Waals surface area contributed by atoms with E-state index in [-0.39, 0.29) is 18.9 Å². The van der Waals surface area contributed by atoms with Gasteiger partial charge in [0.1, 0.15) is 0 Å². The summed E-state index contributed by atoms with van der Waals surface area (Å²) in [6, 6.07) is 7.30. The summed E-state index contributed by atoms with van der Waals surface area (Å²) >= 11 is 0. The zero-order valence-corrected chi connectivity index (χ0v) is 12.8. The van der Waals surface area contributed by atoms with Crippen molar-refractivity contribution in [3.05, 3.63) is 29.8 Å². The molecule has 0 amide bonds. The predicted octanol–water partition coefficient (Wildman–Crippen LogP) is 4.10. The van der Waals surface area contributed by atoms with Gasteiger partial charge in [0.05, 0.1) is 5.92 Å². The summed E-state index contributed by atoms with van der Waals surface area (Å²) < 4.78 is 49.6. The third-order valence-electron chi connectivity index (χ3n) is 3.80. The Morgan fingerprint density at radius 3 is 2.76 bits per heavy atom. The van der Waals surface area contributed by atoms with E-state index in [1.165, 1.54) is 0 Å². The van der Waals surface area contributed by atoms with Crippen LogP contribution in [0.4, 0.5) is 18.9 Å². The first-order valence-electron chi connectivity index (χ1n) is 7.07. The van der Waals surface area contributed by atoms with E-state index >= 15 is 0 Å². The van der Waals surface area contributed by atoms with Crippen LogP contribution in [-0.4, -0.2) is 22.7 Å². The lowest BCUT2D eigenvalue weighted by molar-refractivity contribution is -0.182. The van der Waals surface area contributed by atoms with Gasteiger partial charge in [0.2, 0.25) is 0 Å². The Morgan fingerprint density at radius 2 is 2.10 bits per heavy atom. The first-order valence-corrected chi connectivity index (χ1v) is 8.79. The van der Waals surface area contributed by atoms with Gasteiger partial charge in [0.25, 0.3) is 0 Å². The van der Waals surface area contributed by atoms with Crippen LogP contribution in [0.3, 0.4) is 0 Å². The molecule has 0 radical (unpaired) electrons. The topological polar surface area (TPSA) is 29.1 Å². The van der Waals surface area contributed by atoms with E-state index in [2.05, 4.69) is 5.32 Å². The molecule has 1 aliphatic rings. The van der Waals surface area contributed by atoms with Crippen molar-refractivity contribution >= 4 is 16.5 Å². The summed E-state index contributed by atoms with van der Waals surface area (Å²) in [5, 5.41) is 3.20. The van der Waals surface area contributed by atoms with Crippen molar-refractivity contribution in [2.45, 2.75) is 43.7 Å². The molecule has 1 fully saturated rings. The summed E-state index contributed by atoms with van der Waals surface area (Å²) in [4.78, 5) is 0. The van der Waals surface area contributed by atoms with E-state index in [4.69, 9.17) is 0 Å². The van der Waals surface area contributed by atoms with Gasteiger partial charge in [-0.3, -0.25) is 4.21 Å². The molecule has 21 heavy (non-hydrogen) atoms. The largest absolute Gasteiger partial charge is 0.391 e. The number of rotatable bonds is 4. The van der Waals surface area contributed by atoms with Crippen molar-refractivity contribution in [2.24, 2.45) is 5.92 Å². The lowest BCUT2D eigenvalue weighted by Crippen LogP contribution is -2.34. The molecule has 6 heteroatoms. The van der Waals surface area contributed by atoms with Crippen molar-refractivity contribution in [3.63, 3.8) is 0 Å². The van der Waals surface area contributed by atoms with Crippen molar-refractivity contribution < 1.29 is 17.4 Å². The lowest BCUT2D eigenvalue weighted by Gasteiger charge is -2.31. The Balaban J connectivity index is 1.99. The standard InChI is InChI=1S/C15H20F3NOS/c1-21(20)10-11-4-2-6-13(8-11)19-14-7-3-5-12(9-14)15(16,17)18/h2,4,6,8,12,14,19H,3,5,7,9-10H2,1H3/t12-,14+,21+/m1/s1. The zero-order valence-electron chi connectivity index (χ0n) is 12.0. The van der Waals surface area contributed by atoms with Gasteiger partial charge in [-0.1, -0.05) is 18.6 Å². The second-order valence-corrected chi connectivity index (χ2v) is 7.10. The zero-order chi connectivity index (χ0) is 15.5. The van der Waals surface area contributed by atoms with Crippen LogP contribution in [0.5, 0.6) is 0 Å². The predicted molar refractivity (Wildman–Crippen MR) is 79.6 cm³/mol. The fraction of sp³-hybridized carbons (Fsp3) is 0.600. The molecule has 3 atom stereocenters. The average Bonchev–Trinajstić information content (AvgIpc) is 2.37. The maximum Gasteiger partial charge on any atom is 0.391 e. The summed E-state index contributed by atoms with van der Waals surface area (Å²) in [5.41, 5.74) is 1.75. The summed E-state index contributed by atoms with van der Waals surface area (Å²) in [5.74, 6) is -0.735. The van der Waals surface area contributed by atoms with Gasteiger partial charge in [-0.25, -0.2) is 0 Å². The summed E-state index contributed by atoms with van der Waals surface area (Å²) in [7, 11) is -0.926. The number of halogens is 3. The third-order valence-corrected chi connectivity index (χ3v) is 4.54. The van der Waals surface area contributed by atoms with Crippen molar-refractivity contribution in [1.29, 1.82) is 0 Å². The van der Waals surface area contributed by atoms with Gasteiger partial charge in [-0.15, -0.1) is 0 Å². The highest BCUT2D eigenvalue weighted by atomic mass is 32.2. The molecular formula is C15H20F3NOS. The number of nitrogens with one attached hydrogen (secondary N) is 1. The fourth-order valence-electron chi connectivity index (χ4n) is 2.84. The number of hydrogen-bond acceptors (Lipinski definition) is 2. The van der Waals surface area contributed by atoms with Gasteiger partial charge in [0.15, 0.2) is 0 Å². The van der Waals surface area contributed by atoms with E-state index in [0.717, 1.165) is 17.7 Å². The maximum atomic E-state index is 12.8. The Morgan fingerprint density at radius 1 is 1.33 bits per heavy atom. The van der Waals surface area contributed by atoms with E-state index in [0.29, 0.717) is 12.2 Å². The normalized spacial score (nSPS) is 24.6. The van der Waals surface area contributed by atoms with Crippen LogP contribution in [0.1, 0.15) is 31.2 Å². The van der Waals surface area contributed by atoms with Gasteiger partial charge < -0.3 is 5.32 Å². The van der Waals surface area contributed by atoms with Crippen LogP contribution in [0.2, 0.25) is 0 Å². The molecule has 1 aromatic rings. The number of alkyl halides is 3. The molecule has 1 aromatic carbocycles. The minimum Gasteiger partial charge on any atom is -0.382 e. The molecule has 0 spiro atoms. The molecule has 0 unspecified atom stereocenters.